The zero-order chi connectivity index (χ0) is 11.3. The highest BCUT2D eigenvalue weighted by atomic mass is 35.5. The van der Waals surface area contributed by atoms with Gasteiger partial charge < -0.3 is 0 Å². The molecule has 0 saturated carbocycles. The normalized spacial score (nSPS) is 11.4. The van der Waals surface area contributed by atoms with Crippen LogP contribution in [0.2, 0.25) is 5.02 Å². The van der Waals surface area contributed by atoms with Gasteiger partial charge in [-0.05, 0) is 19.9 Å². The maximum atomic E-state index is 6.33. The van der Waals surface area contributed by atoms with Gasteiger partial charge in [0.05, 0.1) is 10.5 Å². The van der Waals surface area contributed by atoms with Crippen molar-refractivity contribution in [3.63, 3.8) is 0 Å². The molecule has 3 rings (SSSR count). The fourth-order valence-corrected chi connectivity index (χ4v) is 2.29. The Morgan fingerprint density at radius 1 is 1.12 bits per heavy atom. The Kier molecular flexibility index (Phi) is 1.91. The number of nitrogens with zero attached hydrogens (tertiary/aromatic N) is 3. The van der Waals surface area contributed by atoms with Crippen molar-refractivity contribution in [1.82, 2.24) is 14.6 Å². The third-order valence-corrected chi connectivity index (χ3v) is 3.36. The van der Waals surface area contributed by atoms with Gasteiger partial charge >= 0.3 is 0 Å². The molecule has 0 N–H and O–H groups in total. The largest absolute Gasteiger partial charge is 0.279 e. The first kappa shape index (κ1) is 9.60. The summed E-state index contributed by atoms with van der Waals surface area (Å²) in [5.74, 6) is 0.881. The van der Waals surface area contributed by atoms with Crippen LogP contribution in [0.1, 0.15) is 11.4 Å². The summed E-state index contributed by atoms with van der Waals surface area (Å²) in [4.78, 5) is 0. The average Bonchev–Trinajstić information content (AvgIpc) is 2.69. The molecule has 0 bridgehead atoms. The molecule has 0 aliphatic carbocycles. The van der Waals surface area contributed by atoms with Crippen LogP contribution in [0.25, 0.3) is 16.6 Å². The minimum atomic E-state index is 0.760. The minimum Gasteiger partial charge on any atom is -0.279 e. The molecular formula is C12H10ClN3. The van der Waals surface area contributed by atoms with E-state index in [0.29, 0.717) is 0 Å². The Hall–Kier alpha value is -1.61. The second-order valence-electron chi connectivity index (χ2n) is 3.86. The standard InChI is InChI=1S/C12H10ClN3/c1-7-11(13)9-5-3-4-6-10(9)16-8(2)14-15-12(7)16/h3-6H,1-2H3. The summed E-state index contributed by atoms with van der Waals surface area (Å²) >= 11 is 6.33. The van der Waals surface area contributed by atoms with Crippen molar-refractivity contribution in [3.8, 4) is 0 Å². The Bertz CT molecular complexity index is 700. The third kappa shape index (κ3) is 1.09. The fraction of sp³-hybridized carbons (Fsp3) is 0.167. The van der Waals surface area contributed by atoms with E-state index in [1.165, 1.54) is 0 Å². The summed E-state index contributed by atoms with van der Waals surface area (Å²) in [5.41, 5.74) is 2.86. The Labute approximate surface area is 97.7 Å². The first-order valence-electron chi connectivity index (χ1n) is 5.08. The number of fused-ring (bicyclic) bond motifs is 3. The molecule has 4 heteroatoms. The van der Waals surface area contributed by atoms with Gasteiger partial charge in [-0.3, -0.25) is 4.40 Å². The van der Waals surface area contributed by atoms with Gasteiger partial charge in [0.25, 0.3) is 0 Å². The predicted molar refractivity (Wildman–Crippen MR) is 65.0 cm³/mol. The Balaban J connectivity index is 2.71. The molecule has 0 atom stereocenters. The quantitative estimate of drug-likeness (QED) is 0.595. The van der Waals surface area contributed by atoms with Gasteiger partial charge in [0, 0.05) is 10.9 Å². The molecule has 0 radical (unpaired) electrons. The van der Waals surface area contributed by atoms with Gasteiger partial charge in [-0.25, -0.2) is 0 Å². The van der Waals surface area contributed by atoms with Gasteiger partial charge in [0.15, 0.2) is 5.65 Å². The monoisotopic (exact) mass is 231 g/mol. The van der Waals surface area contributed by atoms with Crippen LogP contribution in [-0.4, -0.2) is 14.6 Å². The zero-order valence-electron chi connectivity index (χ0n) is 9.03. The SMILES string of the molecule is Cc1c(Cl)c2ccccc2n2c(C)nnc12. The Morgan fingerprint density at radius 2 is 1.88 bits per heavy atom. The van der Waals surface area contributed by atoms with E-state index in [1.807, 2.05) is 42.5 Å². The van der Waals surface area contributed by atoms with Crippen molar-refractivity contribution >= 4 is 28.2 Å². The van der Waals surface area contributed by atoms with Gasteiger partial charge in [-0.2, -0.15) is 0 Å². The third-order valence-electron chi connectivity index (χ3n) is 2.87. The van der Waals surface area contributed by atoms with Crippen LogP contribution >= 0.6 is 11.6 Å². The molecule has 3 aromatic rings. The van der Waals surface area contributed by atoms with Crippen molar-refractivity contribution < 1.29 is 0 Å². The zero-order valence-corrected chi connectivity index (χ0v) is 9.78. The van der Waals surface area contributed by atoms with Gasteiger partial charge in [0.1, 0.15) is 5.82 Å². The van der Waals surface area contributed by atoms with Crippen LogP contribution in [0.5, 0.6) is 0 Å². The van der Waals surface area contributed by atoms with Crippen LogP contribution in [0, 0.1) is 13.8 Å². The number of hydrogen-bond donors (Lipinski definition) is 0. The molecule has 1 aromatic carbocycles. The van der Waals surface area contributed by atoms with Crippen molar-refractivity contribution in [2.45, 2.75) is 13.8 Å². The van der Waals surface area contributed by atoms with E-state index in [4.69, 9.17) is 11.6 Å². The molecule has 80 valence electrons. The van der Waals surface area contributed by atoms with Gasteiger partial charge in [-0.15, -0.1) is 10.2 Å². The minimum absolute atomic E-state index is 0.760. The summed E-state index contributed by atoms with van der Waals surface area (Å²) in [7, 11) is 0. The highest BCUT2D eigenvalue weighted by molar-refractivity contribution is 6.36. The summed E-state index contributed by atoms with van der Waals surface area (Å²) in [6, 6.07) is 8.03. The van der Waals surface area contributed by atoms with E-state index in [0.717, 1.165) is 33.0 Å². The topological polar surface area (TPSA) is 30.2 Å². The number of rotatable bonds is 0. The van der Waals surface area contributed by atoms with E-state index in [1.54, 1.807) is 0 Å². The van der Waals surface area contributed by atoms with Crippen LogP contribution in [0.3, 0.4) is 0 Å². The second kappa shape index (κ2) is 3.19. The lowest BCUT2D eigenvalue weighted by Crippen LogP contribution is -1.94. The molecule has 0 unspecified atom stereocenters. The van der Waals surface area contributed by atoms with Crippen LogP contribution in [0.15, 0.2) is 24.3 Å². The van der Waals surface area contributed by atoms with Gasteiger partial charge in [0.2, 0.25) is 0 Å². The number of halogens is 1. The van der Waals surface area contributed by atoms with Crippen molar-refractivity contribution in [3.05, 3.63) is 40.7 Å². The van der Waals surface area contributed by atoms with Crippen molar-refractivity contribution in [1.29, 1.82) is 0 Å². The molecule has 16 heavy (non-hydrogen) atoms. The average molecular weight is 232 g/mol. The molecule has 0 spiro atoms. The van der Waals surface area contributed by atoms with Crippen LogP contribution < -0.4 is 0 Å². The lowest BCUT2D eigenvalue weighted by atomic mass is 10.1. The summed E-state index contributed by atoms with van der Waals surface area (Å²) in [6.07, 6.45) is 0. The highest BCUT2D eigenvalue weighted by Crippen LogP contribution is 2.29. The van der Waals surface area contributed by atoms with E-state index in [2.05, 4.69) is 10.2 Å². The van der Waals surface area contributed by atoms with E-state index < -0.39 is 0 Å². The maximum absolute atomic E-state index is 6.33. The molecule has 0 aliphatic heterocycles. The predicted octanol–water partition coefficient (Wildman–Crippen LogP) is 3.15. The number of aromatic nitrogens is 3. The summed E-state index contributed by atoms with van der Waals surface area (Å²) in [5, 5.41) is 10.1. The van der Waals surface area contributed by atoms with Crippen molar-refractivity contribution in [2.75, 3.05) is 0 Å². The van der Waals surface area contributed by atoms with E-state index >= 15 is 0 Å². The van der Waals surface area contributed by atoms with Crippen LogP contribution in [-0.2, 0) is 0 Å². The second-order valence-corrected chi connectivity index (χ2v) is 4.24. The Morgan fingerprint density at radius 3 is 2.69 bits per heavy atom. The number of pyridine rings is 1. The number of para-hydroxylation sites is 1. The van der Waals surface area contributed by atoms with E-state index in [9.17, 15) is 0 Å². The smallest absolute Gasteiger partial charge is 0.165 e. The first-order valence-corrected chi connectivity index (χ1v) is 5.46. The molecule has 2 aromatic heterocycles. The number of benzene rings is 1. The molecule has 0 aliphatic rings. The van der Waals surface area contributed by atoms with Crippen molar-refractivity contribution in [2.24, 2.45) is 0 Å². The highest BCUT2D eigenvalue weighted by Gasteiger charge is 2.12. The van der Waals surface area contributed by atoms with Gasteiger partial charge in [-0.1, -0.05) is 29.8 Å². The first-order chi connectivity index (χ1) is 7.70. The molecule has 2 heterocycles. The fourth-order valence-electron chi connectivity index (χ4n) is 2.05. The lowest BCUT2D eigenvalue weighted by molar-refractivity contribution is 1.02. The molecule has 3 nitrogen and oxygen atoms in total. The number of hydrogen-bond acceptors (Lipinski definition) is 2. The summed E-state index contributed by atoms with van der Waals surface area (Å²) in [6.45, 7) is 3.91. The summed E-state index contributed by atoms with van der Waals surface area (Å²) < 4.78 is 2.04. The van der Waals surface area contributed by atoms with E-state index in [-0.39, 0.29) is 0 Å². The molecule has 0 saturated heterocycles. The molecule has 0 fully saturated rings. The molecule has 0 amide bonds. The number of aryl methyl sites for hydroxylation is 2. The maximum Gasteiger partial charge on any atom is 0.165 e. The molecular weight excluding hydrogens is 222 g/mol. The van der Waals surface area contributed by atoms with Crippen LogP contribution in [0.4, 0.5) is 0 Å². The lowest BCUT2D eigenvalue weighted by Gasteiger charge is -2.07.